The molecular formula is C11H20O6. The largest absolute Gasteiger partial charge is 0.481 e. The third kappa shape index (κ3) is 6.35. The van der Waals surface area contributed by atoms with E-state index in [1.54, 1.807) is 13.8 Å². The average molecular weight is 248 g/mol. The van der Waals surface area contributed by atoms with Gasteiger partial charge in [0, 0.05) is 26.7 Å². The number of hydrogen-bond donors (Lipinski definition) is 1. The molecule has 0 aliphatic carbocycles. The van der Waals surface area contributed by atoms with Crippen LogP contribution in [0.3, 0.4) is 0 Å². The Morgan fingerprint density at radius 2 is 1.71 bits per heavy atom. The lowest BCUT2D eigenvalue weighted by Crippen LogP contribution is -2.32. The minimum absolute atomic E-state index is 0.000787. The third-order valence-electron chi connectivity index (χ3n) is 2.11. The molecule has 1 N–H and O–H groups in total. The van der Waals surface area contributed by atoms with Gasteiger partial charge in [-0.3, -0.25) is 9.59 Å². The van der Waals surface area contributed by atoms with Crippen LogP contribution in [0.1, 0.15) is 20.3 Å². The number of ether oxygens (including phenoxy) is 3. The molecule has 1 unspecified atom stereocenters. The molecule has 0 spiro atoms. The van der Waals surface area contributed by atoms with Gasteiger partial charge in [0.25, 0.3) is 0 Å². The van der Waals surface area contributed by atoms with Crippen molar-refractivity contribution in [2.45, 2.75) is 26.6 Å². The van der Waals surface area contributed by atoms with E-state index in [0.717, 1.165) is 0 Å². The Kier molecular flexibility index (Phi) is 8.57. The molecule has 0 heterocycles. The Morgan fingerprint density at radius 1 is 1.18 bits per heavy atom. The van der Waals surface area contributed by atoms with Gasteiger partial charge in [-0.2, -0.15) is 0 Å². The fourth-order valence-electron chi connectivity index (χ4n) is 1.36. The van der Waals surface area contributed by atoms with Gasteiger partial charge in [0.1, 0.15) is 12.5 Å². The van der Waals surface area contributed by atoms with Crippen molar-refractivity contribution in [3.8, 4) is 0 Å². The monoisotopic (exact) mass is 248 g/mol. The summed E-state index contributed by atoms with van der Waals surface area (Å²) in [4.78, 5) is 22.5. The first-order valence-electron chi connectivity index (χ1n) is 5.54. The van der Waals surface area contributed by atoms with E-state index in [9.17, 15) is 9.59 Å². The van der Waals surface area contributed by atoms with Crippen LogP contribution >= 0.6 is 0 Å². The summed E-state index contributed by atoms with van der Waals surface area (Å²) in [7, 11) is 1.35. The van der Waals surface area contributed by atoms with Crippen LogP contribution in [-0.2, 0) is 23.8 Å². The quantitative estimate of drug-likeness (QED) is 0.452. The first kappa shape index (κ1) is 16.0. The molecule has 1 atom stereocenters. The van der Waals surface area contributed by atoms with E-state index in [2.05, 4.69) is 4.74 Å². The Hall–Kier alpha value is -0.980. The van der Waals surface area contributed by atoms with Crippen LogP contribution in [0.15, 0.2) is 0 Å². The lowest BCUT2D eigenvalue weighted by molar-refractivity contribution is -0.165. The summed E-state index contributed by atoms with van der Waals surface area (Å²) in [5, 5.41) is 8.97. The van der Waals surface area contributed by atoms with Crippen molar-refractivity contribution < 1.29 is 28.9 Å². The summed E-state index contributed by atoms with van der Waals surface area (Å²) in [5.74, 6) is -2.82. The van der Waals surface area contributed by atoms with Gasteiger partial charge in [0.2, 0.25) is 0 Å². The number of hydrogen-bond acceptors (Lipinski definition) is 5. The van der Waals surface area contributed by atoms with Gasteiger partial charge in [-0.1, -0.05) is 0 Å². The molecule has 0 rings (SSSR count). The fraction of sp³-hybridized carbons (Fsp3) is 0.818. The zero-order chi connectivity index (χ0) is 13.3. The number of rotatable bonds is 10. The molecule has 17 heavy (non-hydrogen) atoms. The predicted molar refractivity (Wildman–Crippen MR) is 59.7 cm³/mol. The lowest BCUT2D eigenvalue weighted by atomic mass is 10.0. The van der Waals surface area contributed by atoms with Crippen LogP contribution in [0.2, 0.25) is 0 Å². The van der Waals surface area contributed by atoms with Crippen LogP contribution in [0, 0.1) is 5.92 Å². The van der Waals surface area contributed by atoms with E-state index < -0.39 is 24.0 Å². The lowest BCUT2D eigenvalue weighted by Gasteiger charge is -2.20. The summed E-state index contributed by atoms with van der Waals surface area (Å²) in [6, 6.07) is 0. The summed E-state index contributed by atoms with van der Waals surface area (Å²) in [5.41, 5.74) is 0. The fourth-order valence-corrected chi connectivity index (χ4v) is 1.36. The Bertz CT molecular complexity index is 234. The highest BCUT2D eigenvalue weighted by Crippen LogP contribution is 2.13. The van der Waals surface area contributed by atoms with Gasteiger partial charge < -0.3 is 19.3 Å². The van der Waals surface area contributed by atoms with Gasteiger partial charge >= 0.3 is 5.97 Å². The standard InChI is InChI=1S/C11H20O6/c1-4-16-10(17-5-2)6-8(11(13)14)9(12)7-15-3/h8,10H,4-7H2,1-3H3,(H,13,14). The normalized spacial score (nSPS) is 12.7. The number of methoxy groups -OCH3 is 1. The number of aliphatic carboxylic acids is 1. The van der Waals surface area contributed by atoms with Crippen LogP contribution in [0.4, 0.5) is 0 Å². The van der Waals surface area contributed by atoms with Crippen LogP contribution < -0.4 is 0 Å². The molecule has 0 radical (unpaired) electrons. The molecule has 0 aromatic heterocycles. The van der Waals surface area contributed by atoms with Gasteiger partial charge in [0.15, 0.2) is 12.1 Å². The van der Waals surface area contributed by atoms with E-state index in [-0.39, 0.29) is 13.0 Å². The van der Waals surface area contributed by atoms with Gasteiger partial charge in [0.05, 0.1) is 0 Å². The number of carboxylic acid groups (broad SMARTS) is 1. The third-order valence-corrected chi connectivity index (χ3v) is 2.11. The minimum atomic E-state index is -1.18. The molecule has 0 aliphatic rings. The van der Waals surface area contributed by atoms with E-state index in [1.807, 2.05) is 0 Å². The Balaban J connectivity index is 4.48. The van der Waals surface area contributed by atoms with E-state index in [4.69, 9.17) is 14.6 Å². The number of carbonyl (C=O) groups is 2. The summed E-state index contributed by atoms with van der Waals surface area (Å²) < 4.78 is 15.1. The summed E-state index contributed by atoms with van der Waals surface area (Å²) >= 11 is 0. The number of carboxylic acids is 1. The van der Waals surface area contributed by atoms with Crippen LogP contribution in [-0.4, -0.2) is 50.1 Å². The molecule has 6 heteroatoms. The number of carbonyl (C=O) groups excluding carboxylic acids is 1. The maximum Gasteiger partial charge on any atom is 0.314 e. The second-order valence-corrected chi connectivity index (χ2v) is 3.37. The van der Waals surface area contributed by atoms with Gasteiger partial charge in [-0.05, 0) is 13.8 Å². The van der Waals surface area contributed by atoms with E-state index in [1.165, 1.54) is 7.11 Å². The average Bonchev–Trinajstić information content (AvgIpc) is 2.26. The smallest absolute Gasteiger partial charge is 0.314 e. The molecule has 0 bridgehead atoms. The van der Waals surface area contributed by atoms with Crippen LogP contribution in [0.5, 0.6) is 0 Å². The Labute approximate surface area is 101 Å². The highest BCUT2D eigenvalue weighted by atomic mass is 16.7. The maximum atomic E-state index is 11.5. The van der Waals surface area contributed by atoms with Crippen molar-refractivity contribution in [1.29, 1.82) is 0 Å². The summed E-state index contributed by atoms with van der Waals surface area (Å²) in [6.45, 7) is 4.13. The molecule has 0 aromatic rings. The molecule has 0 saturated carbocycles. The van der Waals surface area contributed by atoms with Crippen molar-refractivity contribution in [2.75, 3.05) is 26.9 Å². The zero-order valence-electron chi connectivity index (χ0n) is 10.5. The first-order chi connectivity index (χ1) is 8.06. The maximum absolute atomic E-state index is 11.5. The van der Waals surface area contributed by atoms with Gasteiger partial charge in [-0.15, -0.1) is 0 Å². The molecule has 100 valence electrons. The number of ketones is 1. The first-order valence-corrected chi connectivity index (χ1v) is 5.54. The molecular weight excluding hydrogens is 228 g/mol. The topological polar surface area (TPSA) is 82.1 Å². The zero-order valence-corrected chi connectivity index (χ0v) is 10.5. The molecule has 6 nitrogen and oxygen atoms in total. The highest BCUT2D eigenvalue weighted by Gasteiger charge is 2.29. The number of Topliss-reactive ketones (excluding diaryl/α,β-unsaturated/α-hetero) is 1. The van der Waals surface area contributed by atoms with Crippen molar-refractivity contribution >= 4 is 11.8 Å². The van der Waals surface area contributed by atoms with Crippen molar-refractivity contribution in [1.82, 2.24) is 0 Å². The molecule has 0 fully saturated rings. The van der Waals surface area contributed by atoms with E-state index >= 15 is 0 Å². The molecule has 0 amide bonds. The minimum Gasteiger partial charge on any atom is -0.481 e. The SMILES string of the molecule is CCOC(CC(C(=O)O)C(=O)COC)OCC. The predicted octanol–water partition coefficient (Wildman–Crippen LogP) is 0.692. The van der Waals surface area contributed by atoms with Crippen molar-refractivity contribution in [2.24, 2.45) is 5.92 Å². The molecule has 0 saturated heterocycles. The van der Waals surface area contributed by atoms with Crippen LogP contribution in [0.25, 0.3) is 0 Å². The van der Waals surface area contributed by atoms with Crippen molar-refractivity contribution in [3.63, 3.8) is 0 Å². The molecule has 0 aliphatic heterocycles. The highest BCUT2D eigenvalue weighted by molar-refractivity contribution is 5.98. The van der Waals surface area contributed by atoms with Crippen molar-refractivity contribution in [3.05, 3.63) is 0 Å². The second-order valence-electron chi connectivity index (χ2n) is 3.37. The van der Waals surface area contributed by atoms with E-state index in [0.29, 0.717) is 13.2 Å². The molecule has 0 aromatic carbocycles. The van der Waals surface area contributed by atoms with Gasteiger partial charge in [-0.25, -0.2) is 0 Å². The summed E-state index contributed by atoms with van der Waals surface area (Å²) in [6.07, 6.45) is -0.675. The second kappa shape index (κ2) is 9.09. The Morgan fingerprint density at radius 3 is 2.06 bits per heavy atom.